The van der Waals surface area contributed by atoms with E-state index in [4.69, 9.17) is 0 Å². The van der Waals surface area contributed by atoms with Crippen molar-refractivity contribution in [2.24, 2.45) is 0 Å². The minimum Gasteiger partial charge on any atom is -0.324 e. The van der Waals surface area contributed by atoms with Crippen LogP contribution in [0, 0.1) is 6.92 Å². The molecule has 6 nitrogen and oxygen atoms in total. The van der Waals surface area contributed by atoms with Gasteiger partial charge in [0, 0.05) is 22.2 Å². The molecule has 0 radical (unpaired) electrons. The molecular formula is C19H16N4O2S2. The number of aromatic nitrogens is 3. The van der Waals surface area contributed by atoms with Gasteiger partial charge in [0.25, 0.3) is 5.56 Å². The average molecular weight is 396 g/mol. The standard InChI is InChI=1S/C19H16N4O2S2/c1-11-21-16-14-7-4-8-20-18(14)27-17(16)19(25)23(11)10-15(24)22-12-5-3-6-13(9-12)26-2/h3-9H,10H2,1-2H3,(H,22,24). The van der Waals surface area contributed by atoms with Crippen molar-refractivity contribution >= 4 is 55.1 Å². The Balaban J connectivity index is 1.68. The lowest BCUT2D eigenvalue weighted by atomic mass is 10.3. The van der Waals surface area contributed by atoms with Crippen molar-refractivity contribution in [3.63, 3.8) is 0 Å². The third-order valence-corrected chi connectivity index (χ3v) is 6.02. The number of aryl methyl sites for hydroxylation is 1. The van der Waals surface area contributed by atoms with Crippen LogP contribution >= 0.6 is 23.1 Å². The van der Waals surface area contributed by atoms with Crippen LogP contribution < -0.4 is 10.9 Å². The Bertz CT molecular complexity index is 1230. The monoisotopic (exact) mass is 396 g/mol. The number of fused-ring (bicyclic) bond motifs is 3. The van der Waals surface area contributed by atoms with Gasteiger partial charge in [-0.3, -0.25) is 14.2 Å². The molecule has 1 amide bonds. The highest BCUT2D eigenvalue weighted by Crippen LogP contribution is 2.28. The van der Waals surface area contributed by atoms with E-state index in [9.17, 15) is 9.59 Å². The molecule has 0 spiro atoms. The van der Waals surface area contributed by atoms with Crippen LogP contribution in [0.2, 0.25) is 0 Å². The first-order valence-corrected chi connectivity index (χ1v) is 10.3. The lowest BCUT2D eigenvalue weighted by Gasteiger charge is -2.10. The zero-order chi connectivity index (χ0) is 19.0. The van der Waals surface area contributed by atoms with Gasteiger partial charge in [-0.05, 0) is 43.5 Å². The van der Waals surface area contributed by atoms with E-state index in [0.717, 1.165) is 15.1 Å². The van der Waals surface area contributed by atoms with Crippen LogP contribution in [0.15, 0.2) is 52.3 Å². The summed E-state index contributed by atoms with van der Waals surface area (Å²) in [5, 5.41) is 3.71. The predicted molar refractivity (Wildman–Crippen MR) is 111 cm³/mol. The number of thioether (sulfide) groups is 1. The highest BCUT2D eigenvalue weighted by Gasteiger charge is 2.16. The molecule has 3 heterocycles. The van der Waals surface area contributed by atoms with Gasteiger partial charge in [0.2, 0.25) is 5.91 Å². The average Bonchev–Trinajstić information content (AvgIpc) is 3.04. The van der Waals surface area contributed by atoms with Crippen LogP contribution in [0.1, 0.15) is 5.82 Å². The smallest absolute Gasteiger partial charge is 0.272 e. The van der Waals surface area contributed by atoms with E-state index >= 15 is 0 Å². The number of carbonyl (C=O) groups excluding carboxylic acids is 1. The van der Waals surface area contributed by atoms with Crippen LogP contribution in [-0.4, -0.2) is 26.7 Å². The fourth-order valence-corrected chi connectivity index (χ4v) is 4.39. The van der Waals surface area contributed by atoms with E-state index in [-0.39, 0.29) is 18.0 Å². The second kappa shape index (κ2) is 7.13. The minimum absolute atomic E-state index is 0.0845. The lowest BCUT2D eigenvalue weighted by Crippen LogP contribution is -2.29. The van der Waals surface area contributed by atoms with E-state index in [0.29, 0.717) is 21.7 Å². The number of amides is 1. The first-order valence-electron chi connectivity index (χ1n) is 8.25. The molecule has 27 heavy (non-hydrogen) atoms. The van der Waals surface area contributed by atoms with Crippen LogP contribution in [-0.2, 0) is 11.3 Å². The van der Waals surface area contributed by atoms with E-state index in [1.54, 1.807) is 24.9 Å². The summed E-state index contributed by atoms with van der Waals surface area (Å²) in [5.74, 6) is 0.239. The molecule has 8 heteroatoms. The van der Waals surface area contributed by atoms with Crippen molar-refractivity contribution in [2.75, 3.05) is 11.6 Å². The van der Waals surface area contributed by atoms with E-state index in [1.165, 1.54) is 15.9 Å². The number of hydrogen-bond donors (Lipinski definition) is 1. The Hall–Kier alpha value is -2.71. The lowest BCUT2D eigenvalue weighted by molar-refractivity contribution is -0.116. The van der Waals surface area contributed by atoms with Crippen molar-refractivity contribution in [1.82, 2.24) is 14.5 Å². The van der Waals surface area contributed by atoms with Gasteiger partial charge in [-0.1, -0.05) is 6.07 Å². The minimum atomic E-state index is -0.265. The first kappa shape index (κ1) is 17.7. The van der Waals surface area contributed by atoms with Crippen molar-refractivity contribution in [3.05, 3.63) is 58.8 Å². The molecule has 0 unspecified atom stereocenters. The van der Waals surface area contributed by atoms with E-state index < -0.39 is 0 Å². The molecule has 0 aliphatic carbocycles. The van der Waals surface area contributed by atoms with Gasteiger partial charge in [-0.15, -0.1) is 23.1 Å². The Kier molecular flexibility index (Phi) is 4.67. The van der Waals surface area contributed by atoms with Gasteiger partial charge < -0.3 is 5.32 Å². The number of pyridine rings is 1. The van der Waals surface area contributed by atoms with Crippen molar-refractivity contribution in [2.45, 2.75) is 18.4 Å². The quantitative estimate of drug-likeness (QED) is 0.533. The fraction of sp³-hybridized carbons (Fsp3) is 0.158. The summed E-state index contributed by atoms with van der Waals surface area (Å²) in [6.45, 7) is 1.65. The predicted octanol–water partition coefficient (Wildman–Crippen LogP) is 3.68. The largest absolute Gasteiger partial charge is 0.324 e. The second-order valence-electron chi connectivity index (χ2n) is 5.97. The molecular weight excluding hydrogens is 380 g/mol. The zero-order valence-electron chi connectivity index (χ0n) is 14.7. The number of rotatable bonds is 4. The van der Waals surface area contributed by atoms with Gasteiger partial charge >= 0.3 is 0 Å². The van der Waals surface area contributed by atoms with Crippen LogP contribution in [0.5, 0.6) is 0 Å². The third-order valence-electron chi connectivity index (χ3n) is 4.20. The third kappa shape index (κ3) is 3.33. The molecule has 4 rings (SSSR count). The number of thiophene rings is 1. The van der Waals surface area contributed by atoms with Crippen LogP contribution in [0.4, 0.5) is 5.69 Å². The molecule has 136 valence electrons. The number of carbonyl (C=O) groups is 1. The fourth-order valence-electron chi connectivity index (χ4n) is 2.90. The number of hydrogen-bond acceptors (Lipinski definition) is 6. The molecule has 0 bridgehead atoms. The summed E-state index contributed by atoms with van der Waals surface area (Å²) in [6, 6.07) is 11.3. The van der Waals surface area contributed by atoms with Crippen molar-refractivity contribution in [1.29, 1.82) is 0 Å². The maximum absolute atomic E-state index is 12.9. The maximum atomic E-state index is 12.9. The Morgan fingerprint density at radius 2 is 2.15 bits per heavy atom. The molecule has 1 N–H and O–H groups in total. The molecule has 0 saturated heterocycles. The Labute approximate surface area is 163 Å². The topological polar surface area (TPSA) is 76.9 Å². The molecule has 0 aliphatic rings. The molecule has 0 atom stereocenters. The maximum Gasteiger partial charge on any atom is 0.272 e. The number of benzene rings is 1. The molecule has 0 aliphatic heterocycles. The number of nitrogens with zero attached hydrogens (tertiary/aromatic N) is 3. The normalized spacial score (nSPS) is 11.2. The number of nitrogens with one attached hydrogen (secondary N) is 1. The van der Waals surface area contributed by atoms with Crippen molar-refractivity contribution in [3.8, 4) is 0 Å². The van der Waals surface area contributed by atoms with Gasteiger partial charge in [-0.25, -0.2) is 9.97 Å². The van der Waals surface area contributed by atoms with Crippen LogP contribution in [0.25, 0.3) is 20.4 Å². The Morgan fingerprint density at radius 3 is 2.96 bits per heavy atom. The SMILES string of the molecule is CSc1cccc(NC(=O)Cn2c(C)nc3c(sc4ncccc43)c2=O)c1. The van der Waals surface area contributed by atoms with Gasteiger partial charge in [0.05, 0.1) is 5.52 Å². The van der Waals surface area contributed by atoms with Crippen LogP contribution in [0.3, 0.4) is 0 Å². The summed E-state index contributed by atoms with van der Waals surface area (Å²) < 4.78 is 1.93. The van der Waals surface area contributed by atoms with Gasteiger partial charge in [0.1, 0.15) is 21.9 Å². The molecule has 0 fully saturated rings. The summed E-state index contributed by atoms with van der Waals surface area (Å²) in [5.41, 5.74) is 1.14. The molecule has 3 aromatic heterocycles. The number of anilines is 1. The zero-order valence-corrected chi connectivity index (χ0v) is 16.4. The van der Waals surface area contributed by atoms with E-state index in [1.807, 2.05) is 42.7 Å². The Morgan fingerprint density at radius 1 is 1.30 bits per heavy atom. The summed E-state index contributed by atoms with van der Waals surface area (Å²) in [7, 11) is 0. The summed E-state index contributed by atoms with van der Waals surface area (Å²) in [4.78, 5) is 36.1. The molecule has 4 aromatic rings. The molecule has 1 aromatic carbocycles. The summed E-state index contributed by atoms with van der Waals surface area (Å²) >= 11 is 2.91. The first-order chi connectivity index (χ1) is 13.1. The highest BCUT2D eigenvalue weighted by molar-refractivity contribution is 7.98. The van der Waals surface area contributed by atoms with Gasteiger partial charge in [0.15, 0.2) is 0 Å². The van der Waals surface area contributed by atoms with Gasteiger partial charge in [-0.2, -0.15) is 0 Å². The highest BCUT2D eigenvalue weighted by atomic mass is 32.2. The van der Waals surface area contributed by atoms with E-state index in [2.05, 4.69) is 15.3 Å². The summed E-state index contributed by atoms with van der Waals surface area (Å²) in [6.07, 6.45) is 3.67. The van der Waals surface area contributed by atoms with Crippen molar-refractivity contribution < 1.29 is 4.79 Å². The second-order valence-corrected chi connectivity index (χ2v) is 7.85. The molecule has 0 saturated carbocycles.